The molecule has 1 aromatic carbocycles. The monoisotopic (exact) mass is 278 g/mol. The first kappa shape index (κ1) is 13.8. The van der Waals surface area contributed by atoms with Crippen LogP contribution in [0.25, 0.3) is 10.9 Å². The zero-order valence-corrected chi connectivity index (χ0v) is 11.6. The number of hydrogen-bond acceptors (Lipinski definition) is 2. The van der Waals surface area contributed by atoms with Crippen LogP contribution in [0.1, 0.15) is 6.42 Å². The average Bonchev–Trinajstić information content (AvgIpc) is 2.78. The number of para-hydroxylation sites is 1. The normalized spacial score (nSPS) is 11.8. The molecule has 1 N–H and O–H groups in total. The third-order valence-electron chi connectivity index (χ3n) is 2.92. The van der Waals surface area contributed by atoms with E-state index in [1.165, 1.54) is 17.0 Å². The van der Waals surface area contributed by atoms with Gasteiger partial charge in [-0.3, -0.25) is 0 Å². The first-order valence-corrected chi connectivity index (χ1v) is 7.90. The summed E-state index contributed by atoms with van der Waals surface area (Å²) in [4.78, 5) is 0. The number of hydrogen-bond donors (Lipinski definition) is 1. The van der Waals surface area contributed by atoms with Gasteiger partial charge in [-0.1, -0.05) is 24.3 Å². The van der Waals surface area contributed by atoms with Crippen molar-refractivity contribution in [3.05, 3.63) is 49.2 Å². The zero-order chi connectivity index (χ0) is 13.7. The van der Waals surface area contributed by atoms with Gasteiger partial charge in [-0.15, -0.1) is 6.58 Å². The Hall–Kier alpha value is -1.59. The fourth-order valence-electron chi connectivity index (χ4n) is 2.03. The molecule has 0 atom stereocenters. The third-order valence-corrected chi connectivity index (χ3v) is 4.23. The van der Waals surface area contributed by atoms with Crippen LogP contribution in [0.5, 0.6) is 0 Å². The molecule has 0 bridgehead atoms. The van der Waals surface area contributed by atoms with Crippen LogP contribution in [0, 0.1) is 0 Å². The maximum absolute atomic E-state index is 11.4. The largest absolute Gasteiger partial charge is 0.347 e. The Balaban J connectivity index is 1.88. The molecular weight excluding hydrogens is 260 g/mol. The molecule has 0 aliphatic carbocycles. The van der Waals surface area contributed by atoms with E-state index in [0.29, 0.717) is 6.54 Å². The standard InChI is InChI=1S/C14H18N2O2S/c1-2-12-19(17,18)15-9-5-10-16-11-8-13-6-3-4-7-14(13)16/h2-4,6-8,11,15H,1,5,9-10,12H2. The molecular formula is C14H18N2O2S. The number of benzene rings is 1. The van der Waals surface area contributed by atoms with Gasteiger partial charge in [0, 0.05) is 24.8 Å². The van der Waals surface area contributed by atoms with Gasteiger partial charge in [-0.25, -0.2) is 13.1 Å². The van der Waals surface area contributed by atoms with E-state index in [1.54, 1.807) is 0 Å². The predicted octanol–water partition coefficient (Wildman–Crippen LogP) is 2.14. The van der Waals surface area contributed by atoms with E-state index in [-0.39, 0.29) is 5.75 Å². The lowest BCUT2D eigenvalue weighted by atomic mass is 10.2. The SMILES string of the molecule is C=CCS(=O)(=O)NCCCn1ccc2ccccc21. The first-order chi connectivity index (χ1) is 9.12. The Morgan fingerprint density at radius 3 is 2.84 bits per heavy atom. The summed E-state index contributed by atoms with van der Waals surface area (Å²) in [5.41, 5.74) is 1.18. The molecule has 0 aliphatic heterocycles. The van der Waals surface area contributed by atoms with Crippen molar-refractivity contribution < 1.29 is 8.42 Å². The van der Waals surface area contributed by atoms with Crippen LogP contribution in [0.3, 0.4) is 0 Å². The smallest absolute Gasteiger partial charge is 0.215 e. The molecule has 1 aromatic heterocycles. The molecule has 2 rings (SSSR count). The van der Waals surface area contributed by atoms with Crippen molar-refractivity contribution in [2.75, 3.05) is 12.3 Å². The Bertz CT molecular complexity index is 659. The second-order valence-corrected chi connectivity index (χ2v) is 6.24. The summed E-state index contributed by atoms with van der Waals surface area (Å²) in [5.74, 6) is -0.0283. The minimum atomic E-state index is -3.19. The van der Waals surface area contributed by atoms with E-state index in [4.69, 9.17) is 0 Å². The van der Waals surface area contributed by atoms with Crippen molar-refractivity contribution >= 4 is 20.9 Å². The second-order valence-electron chi connectivity index (χ2n) is 4.39. The highest BCUT2D eigenvalue weighted by atomic mass is 32.2. The topological polar surface area (TPSA) is 51.1 Å². The molecule has 5 heteroatoms. The number of nitrogens with zero attached hydrogens (tertiary/aromatic N) is 1. The lowest BCUT2D eigenvalue weighted by Gasteiger charge is -2.07. The number of sulfonamides is 1. The predicted molar refractivity (Wildman–Crippen MR) is 78.5 cm³/mol. The molecule has 0 saturated carbocycles. The molecule has 19 heavy (non-hydrogen) atoms. The Morgan fingerprint density at radius 2 is 2.05 bits per heavy atom. The lowest BCUT2D eigenvalue weighted by Crippen LogP contribution is -2.27. The molecule has 0 fully saturated rings. The van der Waals surface area contributed by atoms with Gasteiger partial charge in [0.2, 0.25) is 10.0 Å². The van der Waals surface area contributed by atoms with E-state index in [0.717, 1.165) is 13.0 Å². The Morgan fingerprint density at radius 1 is 1.26 bits per heavy atom. The first-order valence-electron chi connectivity index (χ1n) is 6.24. The molecule has 102 valence electrons. The maximum Gasteiger partial charge on any atom is 0.215 e. The number of aryl methyl sites for hydroxylation is 1. The van der Waals surface area contributed by atoms with Crippen LogP contribution >= 0.6 is 0 Å². The van der Waals surface area contributed by atoms with E-state index in [2.05, 4.69) is 34.1 Å². The van der Waals surface area contributed by atoms with E-state index < -0.39 is 10.0 Å². The van der Waals surface area contributed by atoms with Crippen molar-refractivity contribution in [3.63, 3.8) is 0 Å². The van der Waals surface area contributed by atoms with Crippen LogP contribution in [0.2, 0.25) is 0 Å². The van der Waals surface area contributed by atoms with Gasteiger partial charge in [-0.05, 0) is 23.9 Å². The van der Waals surface area contributed by atoms with Crippen LogP contribution in [-0.4, -0.2) is 25.3 Å². The van der Waals surface area contributed by atoms with Crippen molar-refractivity contribution in [2.24, 2.45) is 0 Å². The van der Waals surface area contributed by atoms with E-state index >= 15 is 0 Å². The Labute approximate surface area is 113 Å². The van der Waals surface area contributed by atoms with Gasteiger partial charge >= 0.3 is 0 Å². The number of rotatable bonds is 7. The van der Waals surface area contributed by atoms with Gasteiger partial charge in [0.15, 0.2) is 0 Å². The average molecular weight is 278 g/mol. The highest BCUT2D eigenvalue weighted by Gasteiger charge is 2.06. The number of aromatic nitrogens is 1. The zero-order valence-electron chi connectivity index (χ0n) is 10.7. The maximum atomic E-state index is 11.4. The molecule has 0 radical (unpaired) electrons. The molecule has 4 nitrogen and oxygen atoms in total. The van der Waals surface area contributed by atoms with Crippen molar-refractivity contribution in [3.8, 4) is 0 Å². The van der Waals surface area contributed by atoms with Crippen LogP contribution in [-0.2, 0) is 16.6 Å². The molecule has 0 spiro atoms. The lowest BCUT2D eigenvalue weighted by molar-refractivity contribution is 0.575. The fourth-order valence-corrected chi connectivity index (χ4v) is 2.91. The third kappa shape index (κ3) is 3.68. The number of fused-ring (bicyclic) bond motifs is 1. The van der Waals surface area contributed by atoms with Crippen LogP contribution in [0.15, 0.2) is 49.2 Å². The second kappa shape index (κ2) is 6.04. The van der Waals surface area contributed by atoms with Crippen LogP contribution < -0.4 is 4.72 Å². The summed E-state index contributed by atoms with van der Waals surface area (Å²) in [6.45, 7) is 4.67. The molecule has 0 saturated heterocycles. The molecule has 0 amide bonds. The fraction of sp³-hybridized carbons (Fsp3) is 0.286. The Kier molecular flexibility index (Phi) is 4.39. The van der Waals surface area contributed by atoms with E-state index in [1.807, 2.05) is 18.3 Å². The minimum Gasteiger partial charge on any atom is -0.347 e. The quantitative estimate of drug-likeness (QED) is 0.623. The van der Waals surface area contributed by atoms with Crippen molar-refractivity contribution in [1.82, 2.24) is 9.29 Å². The highest BCUT2D eigenvalue weighted by Crippen LogP contribution is 2.15. The summed E-state index contributed by atoms with van der Waals surface area (Å²) in [7, 11) is -3.19. The van der Waals surface area contributed by atoms with Crippen molar-refractivity contribution in [1.29, 1.82) is 0 Å². The minimum absolute atomic E-state index is 0.0283. The molecule has 2 aromatic rings. The highest BCUT2D eigenvalue weighted by molar-refractivity contribution is 7.89. The molecule has 0 unspecified atom stereocenters. The van der Waals surface area contributed by atoms with Crippen LogP contribution in [0.4, 0.5) is 0 Å². The van der Waals surface area contributed by atoms with Gasteiger partial charge in [0.1, 0.15) is 0 Å². The number of nitrogens with one attached hydrogen (secondary N) is 1. The summed E-state index contributed by atoms with van der Waals surface area (Å²) >= 11 is 0. The summed E-state index contributed by atoms with van der Waals surface area (Å²) in [6.07, 6.45) is 4.18. The molecule has 0 aliphatic rings. The van der Waals surface area contributed by atoms with Gasteiger partial charge < -0.3 is 4.57 Å². The molecule has 1 heterocycles. The van der Waals surface area contributed by atoms with Gasteiger partial charge in [0.25, 0.3) is 0 Å². The summed E-state index contributed by atoms with van der Waals surface area (Å²) in [6, 6.07) is 10.2. The van der Waals surface area contributed by atoms with Gasteiger partial charge in [0.05, 0.1) is 5.75 Å². The van der Waals surface area contributed by atoms with E-state index in [9.17, 15) is 8.42 Å². The summed E-state index contributed by atoms with van der Waals surface area (Å²) < 4.78 is 27.5. The van der Waals surface area contributed by atoms with Crippen molar-refractivity contribution in [2.45, 2.75) is 13.0 Å². The van der Waals surface area contributed by atoms with Gasteiger partial charge in [-0.2, -0.15) is 0 Å². The summed E-state index contributed by atoms with van der Waals surface area (Å²) in [5, 5.41) is 1.20.